The van der Waals surface area contributed by atoms with E-state index in [2.05, 4.69) is 15.0 Å². The average Bonchev–Trinajstić information content (AvgIpc) is 2.13. The highest BCUT2D eigenvalue weighted by Gasteiger charge is 2.12. The molecule has 0 aliphatic heterocycles. The number of hydrogen-bond acceptors (Lipinski definition) is 4. The molecular formula is C9H20N2O2. The topological polar surface area (TPSA) is 41.6 Å². The van der Waals surface area contributed by atoms with Crippen LogP contribution < -0.4 is 5.32 Å². The molecule has 0 spiro atoms. The number of likely N-dealkylation sites (N-methyl/N-ethyl adjacent to an activating group) is 2. The quantitative estimate of drug-likeness (QED) is 0.600. The van der Waals surface area contributed by atoms with E-state index in [1.54, 1.807) is 0 Å². The van der Waals surface area contributed by atoms with Gasteiger partial charge in [-0.2, -0.15) is 0 Å². The van der Waals surface area contributed by atoms with E-state index in [1.807, 2.05) is 21.0 Å². The molecule has 0 aromatic carbocycles. The summed E-state index contributed by atoms with van der Waals surface area (Å²) >= 11 is 0. The van der Waals surface area contributed by atoms with Crippen molar-refractivity contribution in [2.24, 2.45) is 0 Å². The second kappa shape index (κ2) is 6.86. The maximum atomic E-state index is 10.9. The Balaban J connectivity index is 3.68. The van der Waals surface area contributed by atoms with Crippen LogP contribution in [0, 0.1) is 0 Å². The number of rotatable bonds is 6. The molecule has 0 fully saturated rings. The van der Waals surface area contributed by atoms with Crippen molar-refractivity contribution in [1.29, 1.82) is 0 Å². The predicted molar refractivity (Wildman–Crippen MR) is 52.7 cm³/mol. The number of carbonyl (C=O) groups excluding carboxylic acids is 1. The van der Waals surface area contributed by atoms with E-state index in [9.17, 15) is 4.79 Å². The molecule has 0 aromatic heterocycles. The highest BCUT2D eigenvalue weighted by atomic mass is 16.5. The number of ether oxygens (including phenoxy) is 1. The van der Waals surface area contributed by atoms with Crippen LogP contribution in [-0.4, -0.2) is 51.2 Å². The number of hydrogen-bond donors (Lipinski definition) is 1. The van der Waals surface area contributed by atoms with Gasteiger partial charge in [-0.3, -0.25) is 4.79 Å². The fraction of sp³-hybridized carbons (Fsp3) is 0.889. The minimum atomic E-state index is -0.149. The second-order valence-electron chi connectivity index (χ2n) is 3.21. The zero-order chi connectivity index (χ0) is 10.3. The Morgan fingerprint density at radius 1 is 1.62 bits per heavy atom. The van der Waals surface area contributed by atoms with Crippen molar-refractivity contribution in [3.8, 4) is 0 Å². The minimum absolute atomic E-state index is 0.149. The van der Waals surface area contributed by atoms with E-state index < -0.39 is 0 Å². The van der Waals surface area contributed by atoms with E-state index in [4.69, 9.17) is 0 Å². The molecule has 1 unspecified atom stereocenters. The van der Waals surface area contributed by atoms with Gasteiger partial charge < -0.3 is 15.0 Å². The molecule has 0 saturated carbocycles. The van der Waals surface area contributed by atoms with Crippen LogP contribution in [0.3, 0.4) is 0 Å². The van der Waals surface area contributed by atoms with Crippen LogP contribution in [0.4, 0.5) is 0 Å². The SMILES string of the molecule is CNCCN(C)C(C)CC(=O)OC. The average molecular weight is 188 g/mol. The lowest BCUT2D eigenvalue weighted by Gasteiger charge is -2.23. The Kier molecular flexibility index (Phi) is 6.54. The smallest absolute Gasteiger partial charge is 0.307 e. The van der Waals surface area contributed by atoms with Gasteiger partial charge in [-0.05, 0) is 21.0 Å². The lowest BCUT2D eigenvalue weighted by Crippen LogP contribution is -2.35. The third-order valence-corrected chi connectivity index (χ3v) is 2.16. The van der Waals surface area contributed by atoms with Crippen LogP contribution in [-0.2, 0) is 9.53 Å². The predicted octanol–water partition coefficient (Wildman–Crippen LogP) is 0.0892. The molecule has 4 nitrogen and oxygen atoms in total. The standard InChI is InChI=1S/C9H20N2O2/c1-8(7-9(12)13-4)11(3)6-5-10-2/h8,10H,5-7H2,1-4H3. The van der Waals surface area contributed by atoms with Gasteiger partial charge in [0.1, 0.15) is 0 Å². The summed E-state index contributed by atoms with van der Waals surface area (Å²) in [4.78, 5) is 13.1. The molecule has 0 bridgehead atoms. The van der Waals surface area contributed by atoms with Crippen molar-refractivity contribution < 1.29 is 9.53 Å². The van der Waals surface area contributed by atoms with Gasteiger partial charge in [-0.15, -0.1) is 0 Å². The first-order valence-corrected chi connectivity index (χ1v) is 4.53. The highest BCUT2D eigenvalue weighted by Crippen LogP contribution is 2.01. The van der Waals surface area contributed by atoms with Crippen molar-refractivity contribution in [2.75, 3.05) is 34.3 Å². The first-order chi connectivity index (χ1) is 6.11. The van der Waals surface area contributed by atoms with Crippen LogP contribution in [0.1, 0.15) is 13.3 Å². The zero-order valence-corrected chi connectivity index (χ0v) is 8.96. The summed E-state index contributed by atoms with van der Waals surface area (Å²) in [6, 6.07) is 0.237. The monoisotopic (exact) mass is 188 g/mol. The van der Waals surface area contributed by atoms with Crippen molar-refractivity contribution in [3.05, 3.63) is 0 Å². The summed E-state index contributed by atoms with van der Waals surface area (Å²) in [6.07, 6.45) is 0.455. The number of nitrogens with zero attached hydrogens (tertiary/aromatic N) is 1. The van der Waals surface area contributed by atoms with Gasteiger partial charge in [0.15, 0.2) is 0 Å². The molecule has 0 aliphatic rings. The van der Waals surface area contributed by atoms with E-state index in [1.165, 1.54) is 7.11 Å². The molecule has 0 aromatic rings. The van der Waals surface area contributed by atoms with E-state index in [0.717, 1.165) is 13.1 Å². The van der Waals surface area contributed by atoms with Crippen molar-refractivity contribution in [1.82, 2.24) is 10.2 Å². The van der Waals surface area contributed by atoms with E-state index in [0.29, 0.717) is 6.42 Å². The lowest BCUT2D eigenvalue weighted by atomic mass is 10.2. The molecule has 0 amide bonds. The summed E-state index contributed by atoms with van der Waals surface area (Å²) in [5.41, 5.74) is 0. The largest absolute Gasteiger partial charge is 0.469 e. The van der Waals surface area contributed by atoms with Crippen LogP contribution in [0.5, 0.6) is 0 Å². The van der Waals surface area contributed by atoms with Crippen molar-refractivity contribution in [2.45, 2.75) is 19.4 Å². The molecule has 0 radical (unpaired) electrons. The van der Waals surface area contributed by atoms with Crippen LogP contribution >= 0.6 is 0 Å². The molecule has 0 aliphatic carbocycles. The lowest BCUT2D eigenvalue weighted by molar-refractivity contribution is -0.141. The number of nitrogens with one attached hydrogen (secondary N) is 1. The van der Waals surface area contributed by atoms with Crippen molar-refractivity contribution in [3.63, 3.8) is 0 Å². The van der Waals surface area contributed by atoms with Crippen LogP contribution in [0.15, 0.2) is 0 Å². The number of methoxy groups -OCH3 is 1. The fourth-order valence-corrected chi connectivity index (χ4v) is 0.989. The maximum Gasteiger partial charge on any atom is 0.307 e. The van der Waals surface area contributed by atoms with Gasteiger partial charge in [-0.25, -0.2) is 0 Å². The first kappa shape index (κ1) is 12.4. The fourth-order valence-electron chi connectivity index (χ4n) is 0.989. The number of esters is 1. The first-order valence-electron chi connectivity index (χ1n) is 4.53. The Hall–Kier alpha value is -0.610. The molecule has 0 heterocycles. The zero-order valence-electron chi connectivity index (χ0n) is 8.96. The normalized spacial score (nSPS) is 13.0. The summed E-state index contributed by atoms with van der Waals surface area (Å²) in [7, 11) is 5.34. The molecule has 4 heteroatoms. The third-order valence-electron chi connectivity index (χ3n) is 2.16. The summed E-state index contributed by atoms with van der Waals surface area (Å²) < 4.78 is 4.59. The Labute approximate surface area is 80.2 Å². The van der Waals surface area contributed by atoms with Gasteiger partial charge in [-0.1, -0.05) is 0 Å². The molecule has 78 valence electrons. The second-order valence-corrected chi connectivity index (χ2v) is 3.21. The molecule has 0 saturated heterocycles. The van der Waals surface area contributed by atoms with Gasteiger partial charge in [0, 0.05) is 19.1 Å². The maximum absolute atomic E-state index is 10.9. The molecule has 1 atom stereocenters. The summed E-state index contributed by atoms with van der Waals surface area (Å²) in [5, 5.41) is 3.06. The molecule has 0 rings (SSSR count). The Morgan fingerprint density at radius 2 is 2.23 bits per heavy atom. The highest BCUT2D eigenvalue weighted by molar-refractivity contribution is 5.69. The molecular weight excluding hydrogens is 168 g/mol. The van der Waals surface area contributed by atoms with Gasteiger partial charge >= 0.3 is 5.97 Å². The van der Waals surface area contributed by atoms with Crippen LogP contribution in [0.25, 0.3) is 0 Å². The molecule has 13 heavy (non-hydrogen) atoms. The van der Waals surface area contributed by atoms with Gasteiger partial charge in [0.2, 0.25) is 0 Å². The Bertz CT molecular complexity index is 151. The van der Waals surface area contributed by atoms with E-state index in [-0.39, 0.29) is 12.0 Å². The number of carbonyl (C=O) groups is 1. The third kappa shape index (κ3) is 5.60. The van der Waals surface area contributed by atoms with Gasteiger partial charge in [0.25, 0.3) is 0 Å². The summed E-state index contributed by atoms with van der Waals surface area (Å²) in [6.45, 7) is 3.89. The summed E-state index contributed by atoms with van der Waals surface area (Å²) in [5.74, 6) is -0.149. The van der Waals surface area contributed by atoms with Gasteiger partial charge in [0.05, 0.1) is 13.5 Å². The molecule has 1 N–H and O–H groups in total. The minimum Gasteiger partial charge on any atom is -0.469 e. The van der Waals surface area contributed by atoms with E-state index >= 15 is 0 Å². The van der Waals surface area contributed by atoms with Crippen LogP contribution in [0.2, 0.25) is 0 Å². The van der Waals surface area contributed by atoms with Crippen molar-refractivity contribution >= 4 is 5.97 Å². The Morgan fingerprint density at radius 3 is 2.69 bits per heavy atom.